The Morgan fingerprint density at radius 2 is 1.79 bits per heavy atom. The lowest BCUT2D eigenvalue weighted by molar-refractivity contribution is 0.373. The molecule has 2 nitrogen and oxygen atoms in total. The molecule has 1 aliphatic rings. The molecule has 1 aromatic rings. The topological polar surface area (TPSA) is 34.1 Å². The molecule has 0 unspecified atom stereocenters. The summed E-state index contributed by atoms with van der Waals surface area (Å²) in [7, 11) is -4.15. The molecule has 1 aliphatic carbocycles. The predicted molar refractivity (Wildman–Crippen MR) is 96.9 cm³/mol. The Morgan fingerprint density at radius 3 is 2.33 bits per heavy atom. The Bertz CT molecular complexity index is 812. The van der Waals surface area contributed by atoms with Crippen molar-refractivity contribution < 1.29 is 12.8 Å². The summed E-state index contributed by atoms with van der Waals surface area (Å²) in [6, 6.07) is 7.67. The van der Waals surface area contributed by atoms with Gasteiger partial charge in [0.05, 0.1) is 4.90 Å². The Hall–Kier alpha value is -1.68. The molecule has 0 heterocycles. The molecule has 4 heteroatoms. The van der Waals surface area contributed by atoms with Gasteiger partial charge >= 0.3 is 0 Å². The van der Waals surface area contributed by atoms with Crippen molar-refractivity contribution in [2.75, 3.05) is 0 Å². The monoisotopic (exact) mass is 348 g/mol. The van der Waals surface area contributed by atoms with Crippen molar-refractivity contribution >= 4 is 9.84 Å². The number of halogens is 1. The van der Waals surface area contributed by atoms with E-state index in [1.165, 1.54) is 24.6 Å². The second kappa shape index (κ2) is 6.67. The van der Waals surface area contributed by atoms with Crippen LogP contribution in [0.3, 0.4) is 0 Å². The van der Waals surface area contributed by atoms with Gasteiger partial charge in [-0.15, -0.1) is 0 Å². The summed E-state index contributed by atoms with van der Waals surface area (Å²) < 4.78 is 39.9. The van der Waals surface area contributed by atoms with Gasteiger partial charge < -0.3 is 0 Å². The molecule has 130 valence electrons. The molecule has 24 heavy (non-hydrogen) atoms. The van der Waals surface area contributed by atoms with Crippen molar-refractivity contribution in [2.24, 2.45) is 5.41 Å². The normalized spacial score (nSPS) is 19.0. The number of sulfone groups is 1. The van der Waals surface area contributed by atoms with Gasteiger partial charge in [0, 0.05) is 5.57 Å². The Morgan fingerprint density at radius 1 is 1.21 bits per heavy atom. The second-order valence-corrected chi connectivity index (χ2v) is 8.92. The van der Waals surface area contributed by atoms with Crippen molar-refractivity contribution in [1.82, 2.24) is 0 Å². The highest BCUT2D eigenvalue weighted by atomic mass is 32.2. The maximum absolute atomic E-state index is 14.9. The summed E-state index contributed by atoms with van der Waals surface area (Å²) in [6.45, 7) is 11.8. The fourth-order valence-electron chi connectivity index (χ4n) is 3.50. The van der Waals surface area contributed by atoms with Gasteiger partial charge in [-0.3, -0.25) is 0 Å². The van der Waals surface area contributed by atoms with Crippen LogP contribution in [0.15, 0.2) is 69.3 Å². The number of hydrogen-bond donors (Lipinski definition) is 0. The van der Waals surface area contributed by atoms with Crippen LogP contribution in [-0.4, -0.2) is 8.42 Å². The summed E-state index contributed by atoms with van der Waals surface area (Å²) in [5.74, 6) is 0. The quantitative estimate of drug-likeness (QED) is 0.650. The fourth-order valence-corrected chi connectivity index (χ4v) is 4.75. The van der Waals surface area contributed by atoms with Gasteiger partial charge in [0.15, 0.2) is 0 Å². The van der Waals surface area contributed by atoms with Crippen LogP contribution < -0.4 is 0 Å². The van der Waals surface area contributed by atoms with E-state index < -0.39 is 15.0 Å². The standard InChI is InChI=1S/C20H25FO2S/c1-14-10-9-13-20(4,5)18(14)15(2)16(3)19(21)24(22,23)17-11-7-6-8-12-17/h6-8,11-12H,2,9-10,13H2,1,3-5H3/b19-16-. The summed E-state index contributed by atoms with van der Waals surface area (Å²) in [6.07, 6.45) is 3.01. The molecule has 0 atom stereocenters. The first-order valence-electron chi connectivity index (χ1n) is 8.15. The van der Waals surface area contributed by atoms with Crippen LogP contribution in [0, 0.1) is 5.41 Å². The van der Waals surface area contributed by atoms with Crippen LogP contribution in [0.25, 0.3) is 0 Å². The first-order chi connectivity index (χ1) is 11.1. The van der Waals surface area contributed by atoms with Crippen molar-refractivity contribution in [3.63, 3.8) is 0 Å². The SMILES string of the molecule is C=C(C1=C(C)CCCC1(C)C)/C(C)=C(/F)S(=O)(=O)c1ccccc1. The average Bonchev–Trinajstić information content (AvgIpc) is 2.53. The van der Waals surface area contributed by atoms with Crippen molar-refractivity contribution in [3.05, 3.63) is 64.4 Å². The van der Waals surface area contributed by atoms with E-state index in [9.17, 15) is 12.8 Å². The highest BCUT2D eigenvalue weighted by Gasteiger charge is 2.32. The second-order valence-electron chi connectivity index (χ2n) is 7.09. The fraction of sp³-hybridized carbons (Fsp3) is 0.400. The van der Waals surface area contributed by atoms with Crippen LogP contribution in [-0.2, 0) is 9.84 Å². The third-order valence-electron chi connectivity index (χ3n) is 4.80. The summed E-state index contributed by atoms with van der Waals surface area (Å²) in [5.41, 5.74) is 2.62. The highest BCUT2D eigenvalue weighted by Crippen LogP contribution is 2.45. The third kappa shape index (κ3) is 3.39. The molecule has 0 bridgehead atoms. The molecule has 0 saturated carbocycles. The van der Waals surface area contributed by atoms with Gasteiger partial charge in [-0.05, 0) is 61.8 Å². The van der Waals surface area contributed by atoms with Gasteiger partial charge in [0.2, 0.25) is 15.0 Å². The van der Waals surface area contributed by atoms with Crippen LogP contribution >= 0.6 is 0 Å². The smallest absolute Gasteiger partial charge is 0.216 e. The van der Waals surface area contributed by atoms with E-state index in [0.29, 0.717) is 5.57 Å². The van der Waals surface area contributed by atoms with Crippen LogP contribution in [0.5, 0.6) is 0 Å². The zero-order valence-corrected chi connectivity index (χ0v) is 15.6. The molecule has 0 N–H and O–H groups in total. The molecule has 0 amide bonds. The lowest BCUT2D eigenvalue weighted by Crippen LogP contribution is -2.22. The molecule has 0 aliphatic heterocycles. The summed E-state index contributed by atoms with van der Waals surface area (Å²) in [5, 5.41) is -1.11. The predicted octanol–water partition coefficient (Wildman–Crippen LogP) is 5.74. The zero-order chi connectivity index (χ0) is 18.1. The number of hydrogen-bond acceptors (Lipinski definition) is 2. The summed E-state index contributed by atoms with van der Waals surface area (Å²) in [4.78, 5) is -0.0387. The van der Waals surface area contributed by atoms with E-state index in [1.807, 2.05) is 6.92 Å². The van der Waals surface area contributed by atoms with E-state index in [4.69, 9.17) is 0 Å². The Labute approximate surface area is 144 Å². The van der Waals surface area contributed by atoms with E-state index in [0.717, 1.165) is 24.8 Å². The van der Waals surface area contributed by atoms with Gasteiger partial charge in [-0.25, -0.2) is 8.42 Å². The molecular formula is C20H25FO2S. The summed E-state index contributed by atoms with van der Waals surface area (Å²) >= 11 is 0. The number of rotatable bonds is 4. The van der Waals surface area contributed by atoms with Crippen LogP contribution in [0.1, 0.15) is 47.0 Å². The van der Waals surface area contributed by atoms with Gasteiger partial charge in [0.25, 0.3) is 0 Å². The Balaban J connectivity index is 2.52. The highest BCUT2D eigenvalue weighted by molar-refractivity contribution is 7.95. The molecule has 0 spiro atoms. The van der Waals surface area contributed by atoms with Crippen LogP contribution in [0.4, 0.5) is 4.39 Å². The molecule has 2 rings (SSSR count). The van der Waals surface area contributed by atoms with Crippen molar-refractivity contribution in [3.8, 4) is 0 Å². The molecular weight excluding hydrogens is 323 g/mol. The molecule has 0 radical (unpaired) electrons. The molecule has 1 aromatic carbocycles. The van der Waals surface area contributed by atoms with Crippen molar-refractivity contribution in [1.29, 1.82) is 0 Å². The van der Waals surface area contributed by atoms with E-state index in [1.54, 1.807) is 18.2 Å². The minimum absolute atomic E-state index is 0.0387. The van der Waals surface area contributed by atoms with Gasteiger partial charge in [-0.1, -0.05) is 44.2 Å². The largest absolute Gasteiger partial charge is 0.233 e. The number of allylic oxidation sites excluding steroid dienone is 4. The lowest BCUT2D eigenvalue weighted by atomic mass is 9.69. The zero-order valence-electron chi connectivity index (χ0n) is 14.8. The van der Waals surface area contributed by atoms with Crippen molar-refractivity contribution in [2.45, 2.75) is 51.9 Å². The van der Waals surface area contributed by atoms with E-state index >= 15 is 0 Å². The molecule has 0 fully saturated rings. The minimum Gasteiger partial charge on any atom is -0.216 e. The lowest BCUT2D eigenvalue weighted by Gasteiger charge is -2.36. The van der Waals surface area contributed by atoms with Gasteiger partial charge in [-0.2, -0.15) is 4.39 Å². The van der Waals surface area contributed by atoms with E-state index in [2.05, 4.69) is 20.4 Å². The van der Waals surface area contributed by atoms with Gasteiger partial charge in [0.1, 0.15) is 0 Å². The maximum Gasteiger partial charge on any atom is 0.233 e. The number of benzene rings is 1. The Kier molecular flexibility index (Phi) is 5.19. The third-order valence-corrected chi connectivity index (χ3v) is 6.47. The maximum atomic E-state index is 14.9. The first kappa shape index (κ1) is 18.7. The molecule has 0 aromatic heterocycles. The van der Waals surface area contributed by atoms with E-state index in [-0.39, 0.29) is 15.9 Å². The average molecular weight is 348 g/mol. The first-order valence-corrected chi connectivity index (χ1v) is 9.64. The molecule has 0 saturated heterocycles. The van der Waals surface area contributed by atoms with Crippen LogP contribution in [0.2, 0.25) is 0 Å². The minimum atomic E-state index is -4.15.